The maximum atomic E-state index is 12.4. The predicted octanol–water partition coefficient (Wildman–Crippen LogP) is 1.62. The van der Waals surface area contributed by atoms with Crippen LogP contribution in [-0.2, 0) is 0 Å². The van der Waals surface area contributed by atoms with E-state index in [1.165, 1.54) is 19.4 Å². The molecule has 0 amide bonds. The molecule has 20 heavy (non-hydrogen) atoms. The molecule has 2 unspecified atom stereocenters. The van der Waals surface area contributed by atoms with Crippen molar-refractivity contribution in [3.63, 3.8) is 0 Å². The Hall–Kier alpha value is -1.36. The van der Waals surface area contributed by atoms with Gasteiger partial charge >= 0.3 is 0 Å². The molecule has 2 saturated heterocycles. The fraction of sp³-hybridized carbons (Fsp3) is 0.733. The number of hydrogen-bond donors (Lipinski definition) is 1. The van der Waals surface area contributed by atoms with Gasteiger partial charge in [-0.25, -0.2) is 4.98 Å². The zero-order valence-electron chi connectivity index (χ0n) is 11.8. The fourth-order valence-electron chi connectivity index (χ4n) is 3.71. The second-order valence-electron chi connectivity index (χ2n) is 6.42. The van der Waals surface area contributed by atoms with Gasteiger partial charge in [0, 0.05) is 37.1 Å². The molecule has 3 heterocycles. The summed E-state index contributed by atoms with van der Waals surface area (Å²) in [6, 6.07) is 1.54. The van der Waals surface area contributed by atoms with Gasteiger partial charge in [0.05, 0.1) is 0 Å². The van der Waals surface area contributed by atoms with Crippen molar-refractivity contribution in [3.8, 4) is 0 Å². The lowest BCUT2D eigenvalue weighted by molar-refractivity contribution is 0.188. The molecule has 0 radical (unpaired) electrons. The third-order valence-electron chi connectivity index (χ3n) is 4.97. The Morgan fingerprint density at radius 1 is 1.15 bits per heavy atom. The van der Waals surface area contributed by atoms with E-state index >= 15 is 0 Å². The first-order chi connectivity index (χ1) is 9.81. The molecule has 1 N–H and O–H groups in total. The molecule has 3 aliphatic rings. The first-order valence-corrected chi connectivity index (χ1v) is 7.89. The maximum Gasteiger partial charge on any atom is 0.293 e. The Morgan fingerprint density at radius 3 is 2.90 bits per heavy atom. The Morgan fingerprint density at radius 2 is 2.05 bits per heavy atom. The number of nitrogens with zero attached hydrogens (tertiary/aromatic N) is 3. The van der Waals surface area contributed by atoms with Crippen molar-refractivity contribution < 1.29 is 0 Å². The number of anilines is 1. The molecule has 2 atom stereocenters. The summed E-state index contributed by atoms with van der Waals surface area (Å²) in [5, 5.41) is 3.41. The molecule has 5 heteroatoms. The Bertz CT molecular complexity index is 551. The van der Waals surface area contributed by atoms with E-state index in [4.69, 9.17) is 0 Å². The molecule has 1 saturated carbocycles. The van der Waals surface area contributed by atoms with E-state index in [1.807, 2.05) is 10.8 Å². The van der Waals surface area contributed by atoms with Crippen molar-refractivity contribution in [2.75, 3.05) is 18.4 Å². The maximum absolute atomic E-state index is 12.4. The van der Waals surface area contributed by atoms with Crippen molar-refractivity contribution in [3.05, 3.63) is 22.7 Å². The summed E-state index contributed by atoms with van der Waals surface area (Å²) < 4.78 is 1.85. The van der Waals surface area contributed by atoms with Crippen LogP contribution in [0.5, 0.6) is 0 Å². The third-order valence-corrected chi connectivity index (χ3v) is 4.97. The summed E-state index contributed by atoms with van der Waals surface area (Å²) in [5.74, 6) is 0.552. The quantitative estimate of drug-likeness (QED) is 0.910. The van der Waals surface area contributed by atoms with Crippen molar-refractivity contribution in [2.45, 2.75) is 56.7 Å². The lowest BCUT2D eigenvalue weighted by atomic mass is 9.98. The summed E-state index contributed by atoms with van der Waals surface area (Å²) >= 11 is 0. The van der Waals surface area contributed by atoms with Gasteiger partial charge in [-0.3, -0.25) is 4.79 Å². The van der Waals surface area contributed by atoms with Crippen LogP contribution in [0.15, 0.2) is 17.2 Å². The summed E-state index contributed by atoms with van der Waals surface area (Å²) in [4.78, 5) is 19.2. The van der Waals surface area contributed by atoms with Crippen LogP contribution in [0.2, 0.25) is 0 Å². The molecule has 5 nitrogen and oxygen atoms in total. The van der Waals surface area contributed by atoms with Gasteiger partial charge < -0.3 is 14.8 Å². The molecule has 4 rings (SSSR count). The monoisotopic (exact) mass is 274 g/mol. The van der Waals surface area contributed by atoms with Crippen molar-refractivity contribution in [1.82, 2.24) is 14.5 Å². The molecule has 2 aliphatic heterocycles. The van der Waals surface area contributed by atoms with E-state index in [2.05, 4.69) is 15.2 Å². The normalized spacial score (nSPS) is 30.2. The SMILES string of the molecule is O=c1c(NC2CCN3CCCC3C2)nccn1C1CC1. The number of nitrogens with one attached hydrogen (secondary N) is 1. The topological polar surface area (TPSA) is 50.2 Å². The third kappa shape index (κ3) is 2.24. The van der Waals surface area contributed by atoms with E-state index in [1.54, 1.807) is 6.20 Å². The zero-order chi connectivity index (χ0) is 13.5. The molecular weight excluding hydrogens is 252 g/mol. The highest BCUT2D eigenvalue weighted by molar-refractivity contribution is 5.33. The average Bonchev–Trinajstić information content (AvgIpc) is 3.19. The van der Waals surface area contributed by atoms with Crippen LogP contribution in [-0.4, -0.2) is 39.6 Å². The van der Waals surface area contributed by atoms with Gasteiger partial charge in [-0.2, -0.15) is 0 Å². The lowest BCUT2D eigenvalue weighted by Crippen LogP contribution is -2.43. The molecular formula is C15H22N4O. The summed E-state index contributed by atoms with van der Waals surface area (Å²) in [6.45, 7) is 2.42. The van der Waals surface area contributed by atoms with E-state index in [9.17, 15) is 4.79 Å². The Kier molecular flexibility index (Phi) is 3.02. The average molecular weight is 274 g/mol. The van der Waals surface area contributed by atoms with Crippen LogP contribution in [0, 0.1) is 0 Å². The molecule has 0 spiro atoms. The van der Waals surface area contributed by atoms with Crippen molar-refractivity contribution in [1.29, 1.82) is 0 Å². The highest BCUT2D eigenvalue weighted by Crippen LogP contribution is 2.33. The zero-order valence-corrected chi connectivity index (χ0v) is 11.8. The van der Waals surface area contributed by atoms with E-state index in [0.717, 1.165) is 38.3 Å². The summed E-state index contributed by atoms with van der Waals surface area (Å²) in [5.41, 5.74) is 0.0591. The molecule has 108 valence electrons. The number of aromatic nitrogens is 2. The molecule has 1 aliphatic carbocycles. The second-order valence-corrected chi connectivity index (χ2v) is 6.42. The standard InChI is InChI=1S/C15H22N4O/c20-15-14(16-6-9-19(15)12-3-4-12)17-11-5-8-18-7-1-2-13(18)10-11/h6,9,11-13H,1-5,7-8,10H2,(H,16,17). The van der Waals surface area contributed by atoms with Gasteiger partial charge in [0.2, 0.25) is 0 Å². The van der Waals surface area contributed by atoms with Crippen LogP contribution in [0.4, 0.5) is 5.82 Å². The van der Waals surface area contributed by atoms with E-state index in [0.29, 0.717) is 17.9 Å². The Labute approximate surface area is 119 Å². The molecule has 1 aromatic heterocycles. The Balaban J connectivity index is 1.49. The minimum Gasteiger partial charge on any atom is -0.363 e. The van der Waals surface area contributed by atoms with Gasteiger partial charge in [0.15, 0.2) is 5.82 Å². The van der Waals surface area contributed by atoms with Gasteiger partial charge in [-0.05, 0) is 45.1 Å². The largest absolute Gasteiger partial charge is 0.363 e. The van der Waals surface area contributed by atoms with Crippen molar-refractivity contribution >= 4 is 5.82 Å². The molecule has 0 bridgehead atoms. The predicted molar refractivity (Wildman–Crippen MR) is 78.0 cm³/mol. The number of hydrogen-bond acceptors (Lipinski definition) is 4. The molecule has 1 aromatic rings. The highest BCUT2D eigenvalue weighted by atomic mass is 16.1. The first-order valence-electron chi connectivity index (χ1n) is 7.89. The smallest absolute Gasteiger partial charge is 0.293 e. The van der Waals surface area contributed by atoms with E-state index < -0.39 is 0 Å². The minimum absolute atomic E-state index is 0.0591. The van der Waals surface area contributed by atoms with Crippen LogP contribution < -0.4 is 10.9 Å². The number of rotatable bonds is 3. The molecule has 0 aromatic carbocycles. The van der Waals surface area contributed by atoms with Crippen molar-refractivity contribution in [2.24, 2.45) is 0 Å². The minimum atomic E-state index is 0.0591. The first kappa shape index (κ1) is 12.4. The van der Waals surface area contributed by atoms with E-state index in [-0.39, 0.29) is 5.56 Å². The summed E-state index contributed by atoms with van der Waals surface area (Å²) in [7, 11) is 0. The van der Waals surface area contributed by atoms with Crippen LogP contribution in [0.1, 0.15) is 44.6 Å². The van der Waals surface area contributed by atoms with Gasteiger partial charge in [0.1, 0.15) is 0 Å². The lowest BCUT2D eigenvalue weighted by Gasteiger charge is -2.35. The highest BCUT2D eigenvalue weighted by Gasteiger charge is 2.32. The van der Waals surface area contributed by atoms with Crippen LogP contribution in [0.25, 0.3) is 0 Å². The van der Waals surface area contributed by atoms with Gasteiger partial charge in [0.25, 0.3) is 5.56 Å². The van der Waals surface area contributed by atoms with Gasteiger partial charge in [-0.1, -0.05) is 0 Å². The van der Waals surface area contributed by atoms with Gasteiger partial charge in [-0.15, -0.1) is 0 Å². The molecule has 3 fully saturated rings. The van der Waals surface area contributed by atoms with Crippen LogP contribution >= 0.6 is 0 Å². The second kappa shape index (κ2) is 4.88. The van der Waals surface area contributed by atoms with Crippen LogP contribution in [0.3, 0.4) is 0 Å². The number of fused-ring (bicyclic) bond motifs is 1. The summed E-state index contributed by atoms with van der Waals surface area (Å²) in [6.07, 6.45) is 10.8. The number of piperidine rings is 1. The fourth-order valence-corrected chi connectivity index (χ4v) is 3.71.